The van der Waals surface area contributed by atoms with Gasteiger partial charge in [0.15, 0.2) is 0 Å². The van der Waals surface area contributed by atoms with Crippen molar-refractivity contribution in [2.75, 3.05) is 25.1 Å². The number of piperidine rings is 1. The molecular weight excluding hydrogens is 250 g/mol. The molecule has 0 spiro atoms. The molecule has 0 saturated carbocycles. The molecule has 110 valence electrons. The van der Waals surface area contributed by atoms with Crippen LogP contribution in [-0.4, -0.2) is 46.5 Å². The first-order valence-corrected chi connectivity index (χ1v) is 7.66. The van der Waals surface area contributed by atoms with Gasteiger partial charge >= 0.3 is 0 Å². The molecule has 2 atom stereocenters. The molecule has 2 fully saturated rings. The summed E-state index contributed by atoms with van der Waals surface area (Å²) in [6, 6.07) is 5.44. The molecule has 2 aliphatic heterocycles. The van der Waals surface area contributed by atoms with Crippen molar-refractivity contribution in [2.45, 2.75) is 44.8 Å². The Morgan fingerprint density at radius 1 is 1.35 bits per heavy atom. The first-order chi connectivity index (χ1) is 9.76. The number of hydrogen-bond acceptors (Lipinski definition) is 5. The topological polar surface area (TPSA) is 57.4 Å². The van der Waals surface area contributed by atoms with Crippen molar-refractivity contribution in [3.63, 3.8) is 0 Å². The second-order valence-electron chi connectivity index (χ2n) is 6.12. The summed E-state index contributed by atoms with van der Waals surface area (Å²) in [4.78, 5) is 9.58. The summed E-state index contributed by atoms with van der Waals surface area (Å²) in [5.41, 5.74) is 3.84. The average Bonchev–Trinajstić information content (AvgIpc) is 2.49. The molecule has 0 aliphatic carbocycles. The number of nitrogens with zero attached hydrogens (tertiary/aromatic N) is 3. The lowest BCUT2D eigenvalue weighted by Gasteiger charge is -2.47. The second kappa shape index (κ2) is 6.08. The van der Waals surface area contributed by atoms with Crippen molar-refractivity contribution in [2.24, 2.45) is 5.84 Å². The van der Waals surface area contributed by atoms with Crippen LogP contribution in [0, 0.1) is 0 Å². The lowest BCUT2D eigenvalue weighted by atomic mass is 9.97. The fraction of sp³-hybridized carbons (Fsp3) is 0.667. The molecule has 0 aromatic carbocycles. The third-order valence-corrected chi connectivity index (χ3v) is 4.67. The highest BCUT2D eigenvalue weighted by atomic mass is 15.3. The number of hydrazine groups is 1. The van der Waals surface area contributed by atoms with E-state index >= 15 is 0 Å². The monoisotopic (exact) mass is 275 g/mol. The summed E-state index contributed by atoms with van der Waals surface area (Å²) in [6.07, 6.45) is 6.05. The van der Waals surface area contributed by atoms with E-state index in [1.165, 1.54) is 44.5 Å². The van der Waals surface area contributed by atoms with Crippen molar-refractivity contribution < 1.29 is 0 Å². The smallest absolute Gasteiger partial charge is 0.139 e. The second-order valence-corrected chi connectivity index (χ2v) is 6.12. The first-order valence-electron chi connectivity index (χ1n) is 7.66. The zero-order chi connectivity index (χ0) is 13.9. The first kappa shape index (κ1) is 13.8. The molecule has 2 aliphatic rings. The van der Waals surface area contributed by atoms with E-state index in [1.54, 1.807) is 0 Å². The number of nitrogens with two attached hydrogens (primary N) is 1. The molecule has 1 aromatic rings. The quantitative estimate of drug-likeness (QED) is 0.645. The van der Waals surface area contributed by atoms with E-state index < -0.39 is 0 Å². The van der Waals surface area contributed by atoms with Gasteiger partial charge in [-0.1, -0.05) is 12.5 Å². The third kappa shape index (κ3) is 2.95. The fourth-order valence-corrected chi connectivity index (χ4v) is 3.47. The van der Waals surface area contributed by atoms with Gasteiger partial charge in [-0.2, -0.15) is 0 Å². The number of aromatic nitrogens is 1. The number of fused-ring (bicyclic) bond motifs is 1. The lowest BCUT2D eigenvalue weighted by molar-refractivity contribution is 0.0110. The summed E-state index contributed by atoms with van der Waals surface area (Å²) in [6.45, 7) is 7.03. The van der Waals surface area contributed by atoms with E-state index in [9.17, 15) is 0 Å². The molecule has 3 rings (SSSR count). The van der Waals surface area contributed by atoms with Crippen LogP contribution in [0.3, 0.4) is 0 Å². The van der Waals surface area contributed by atoms with E-state index in [1.807, 2.05) is 12.3 Å². The van der Waals surface area contributed by atoms with Crippen LogP contribution >= 0.6 is 0 Å². The normalized spacial score (nSPS) is 28.1. The molecule has 5 nitrogen and oxygen atoms in total. The zero-order valence-corrected chi connectivity index (χ0v) is 12.3. The van der Waals surface area contributed by atoms with Gasteiger partial charge in [0.05, 0.1) is 0 Å². The minimum Gasteiger partial charge on any atom is -0.308 e. The average molecular weight is 275 g/mol. The molecule has 0 radical (unpaired) electrons. The number of hydrogen-bond donors (Lipinski definition) is 2. The maximum Gasteiger partial charge on any atom is 0.139 e. The van der Waals surface area contributed by atoms with E-state index in [0.717, 1.165) is 18.4 Å². The standard InChI is InChI=1S/C15H25N5/c1-12-9-19-7-3-2-4-14(19)11-20(12)10-13-5-6-15(18-16)17-8-13/h5-6,8,12,14H,2-4,7,9-11,16H2,1H3,(H,17,18). The van der Waals surface area contributed by atoms with Crippen LogP contribution in [0.2, 0.25) is 0 Å². The molecule has 3 N–H and O–H groups in total. The third-order valence-electron chi connectivity index (χ3n) is 4.67. The van der Waals surface area contributed by atoms with E-state index in [0.29, 0.717) is 6.04 Å². The molecule has 0 amide bonds. The molecule has 5 heteroatoms. The fourth-order valence-electron chi connectivity index (χ4n) is 3.47. The maximum absolute atomic E-state index is 5.35. The Bertz CT molecular complexity index is 432. The van der Waals surface area contributed by atoms with E-state index in [4.69, 9.17) is 5.84 Å². The largest absolute Gasteiger partial charge is 0.308 e. The molecular formula is C15H25N5. The number of piperazine rings is 1. The summed E-state index contributed by atoms with van der Waals surface area (Å²) in [5.74, 6) is 6.07. The van der Waals surface area contributed by atoms with Crippen molar-refractivity contribution in [3.05, 3.63) is 23.9 Å². The Morgan fingerprint density at radius 3 is 3.00 bits per heavy atom. The zero-order valence-electron chi connectivity index (χ0n) is 12.3. The number of anilines is 1. The van der Waals surface area contributed by atoms with Crippen molar-refractivity contribution in [3.8, 4) is 0 Å². The minimum absolute atomic E-state index is 0.622. The Labute approximate surface area is 121 Å². The van der Waals surface area contributed by atoms with Gasteiger partial charge in [0, 0.05) is 37.9 Å². The molecule has 3 heterocycles. The number of rotatable bonds is 3. The van der Waals surface area contributed by atoms with Gasteiger partial charge < -0.3 is 5.43 Å². The van der Waals surface area contributed by atoms with Gasteiger partial charge in [0.1, 0.15) is 5.82 Å². The predicted octanol–water partition coefficient (Wildman–Crippen LogP) is 1.43. The Kier molecular flexibility index (Phi) is 4.19. The summed E-state index contributed by atoms with van der Waals surface area (Å²) < 4.78 is 0. The van der Waals surface area contributed by atoms with Crippen LogP contribution in [0.1, 0.15) is 31.7 Å². The Hall–Kier alpha value is -1.17. The summed E-state index contributed by atoms with van der Waals surface area (Å²) >= 11 is 0. The SMILES string of the molecule is CC1CN2CCCCC2CN1Cc1ccc(NN)nc1. The maximum atomic E-state index is 5.35. The van der Waals surface area contributed by atoms with Crippen molar-refractivity contribution in [1.29, 1.82) is 0 Å². The molecule has 0 bridgehead atoms. The van der Waals surface area contributed by atoms with Gasteiger partial charge in [0.25, 0.3) is 0 Å². The Balaban J connectivity index is 1.63. The van der Waals surface area contributed by atoms with Crippen LogP contribution in [0.4, 0.5) is 5.82 Å². The van der Waals surface area contributed by atoms with Gasteiger partial charge in [-0.25, -0.2) is 10.8 Å². The lowest BCUT2D eigenvalue weighted by Crippen LogP contribution is -2.58. The molecule has 1 aromatic heterocycles. The van der Waals surface area contributed by atoms with Crippen LogP contribution in [0.15, 0.2) is 18.3 Å². The highest BCUT2D eigenvalue weighted by molar-refractivity contribution is 5.33. The number of pyridine rings is 1. The highest BCUT2D eigenvalue weighted by Crippen LogP contribution is 2.25. The molecule has 2 saturated heterocycles. The van der Waals surface area contributed by atoms with Crippen LogP contribution in [-0.2, 0) is 6.54 Å². The minimum atomic E-state index is 0.622. The van der Waals surface area contributed by atoms with Gasteiger partial charge in [-0.05, 0) is 37.9 Å². The summed E-state index contributed by atoms with van der Waals surface area (Å²) in [5, 5.41) is 0. The number of nitrogen functional groups attached to an aromatic ring is 1. The van der Waals surface area contributed by atoms with Crippen molar-refractivity contribution in [1.82, 2.24) is 14.8 Å². The molecule has 20 heavy (non-hydrogen) atoms. The molecule has 2 unspecified atom stereocenters. The predicted molar refractivity (Wildman–Crippen MR) is 81.1 cm³/mol. The van der Waals surface area contributed by atoms with E-state index in [-0.39, 0.29) is 0 Å². The van der Waals surface area contributed by atoms with E-state index in [2.05, 4.69) is 33.2 Å². The van der Waals surface area contributed by atoms with Crippen LogP contribution in [0.5, 0.6) is 0 Å². The van der Waals surface area contributed by atoms with Crippen LogP contribution in [0.25, 0.3) is 0 Å². The summed E-state index contributed by atoms with van der Waals surface area (Å²) in [7, 11) is 0. The highest BCUT2D eigenvalue weighted by Gasteiger charge is 2.32. The van der Waals surface area contributed by atoms with Gasteiger partial charge in [-0.15, -0.1) is 0 Å². The van der Waals surface area contributed by atoms with Crippen molar-refractivity contribution >= 4 is 5.82 Å². The van der Waals surface area contributed by atoms with Gasteiger partial charge in [0.2, 0.25) is 0 Å². The van der Waals surface area contributed by atoms with Gasteiger partial charge in [-0.3, -0.25) is 9.80 Å². The number of nitrogens with one attached hydrogen (secondary N) is 1. The Morgan fingerprint density at radius 2 is 2.25 bits per heavy atom. The van der Waals surface area contributed by atoms with Crippen LogP contribution < -0.4 is 11.3 Å².